The van der Waals surface area contributed by atoms with Gasteiger partial charge in [-0.1, -0.05) is 54.6 Å². The van der Waals surface area contributed by atoms with Crippen molar-refractivity contribution < 1.29 is 9.59 Å². The van der Waals surface area contributed by atoms with Gasteiger partial charge in [-0.05, 0) is 36.0 Å². The van der Waals surface area contributed by atoms with Crippen molar-refractivity contribution in [2.45, 2.75) is 26.3 Å². The first-order chi connectivity index (χ1) is 14.5. The molecule has 0 spiro atoms. The summed E-state index contributed by atoms with van der Waals surface area (Å²) in [4.78, 5) is 29.1. The fraction of sp³-hybridized carbons (Fsp3) is 0.440. The number of rotatable bonds is 6. The molecule has 2 fully saturated rings. The van der Waals surface area contributed by atoms with Crippen LogP contribution in [-0.2, 0) is 16.0 Å². The highest BCUT2D eigenvalue weighted by Gasteiger charge is 2.48. The maximum atomic E-state index is 12.5. The minimum atomic E-state index is 0.0850. The molecule has 2 aromatic rings. The summed E-state index contributed by atoms with van der Waals surface area (Å²) >= 11 is 0. The van der Waals surface area contributed by atoms with Gasteiger partial charge < -0.3 is 10.2 Å². The molecule has 30 heavy (non-hydrogen) atoms. The Kier molecular flexibility index (Phi) is 6.18. The summed E-state index contributed by atoms with van der Waals surface area (Å²) in [6, 6.07) is 18.7. The van der Waals surface area contributed by atoms with Gasteiger partial charge in [0.25, 0.3) is 0 Å². The Hall–Kier alpha value is -2.66. The average molecular weight is 406 g/mol. The summed E-state index contributed by atoms with van der Waals surface area (Å²) in [6.45, 7) is 7.40. The molecule has 0 aliphatic carbocycles. The molecule has 2 aliphatic rings. The van der Waals surface area contributed by atoms with Gasteiger partial charge in [-0.25, -0.2) is 0 Å². The fourth-order valence-corrected chi connectivity index (χ4v) is 5.16. The van der Waals surface area contributed by atoms with E-state index in [1.165, 1.54) is 16.7 Å². The molecule has 5 nitrogen and oxygen atoms in total. The van der Waals surface area contributed by atoms with E-state index >= 15 is 0 Å². The van der Waals surface area contributed by atoms with Crippen molar-refractivity contribution in [3.63, 3.8) is 0 Å². The first-order valence-corrected chi connectivity index (χ1v) is 10.9. The van der Waals surface area contributed by atoms with Crippen LogP contribution in [0.4, 0.5) is 0 Å². The van der Waals surface area contributed by atoms with E-state index < -0.39 is 0 Å². The highest BCUT2D eigenvalue weighted by atomic mass is 16.2. The van der Waals surface area contributed by atoms with Gasteiger partial charge in [0.2, 0.25) is 11.8 Å². The lowest BCUT2D eigenvalue weighted by molar-refractivity contribution is -0.130. The third-order valence-corrected chi connectivity index (χ3v) is 6.60. The predicted molar refractivity (Wildman–Crippen MR) is 118 cm³/mol. The Labute approximate surface area is 179 Å². The number of hydrogen-bond acceptors (Lipinski definition) is 3. The number of aryl methyl sites for hydroxylation is 1. The van der Waals surface area contributed by atoms with Crippen LogP contribution in [0.25, 0.3) is 0 Å². The van der Waals surface area contributed by atoms with Crippen LogP contribution in [-0.4, -0.2) is 54.3 Å². The number of nitrogens with zero attached hydrogens (tertiary/aromatic N) is 2. The third-order valence-electron chi connectivity index (χ3n) is 6.60. The van der Waals surface area contributed by atoms with E-state index in [1.807, 2.05) is 29.2 Å². The molecular weight excluding hydrogens is 374 g/mol. The van der Waals surface area contributed by atoms with Gasteiger partial charge in [0.1, 0.15) is 0 Å². The number of fused-ring (bicyclic) bond motifs is 1. The van der Waals surface area contributed by atoms with E-state index in [9.17, 15) is 9.59 Å². The molecule has 2 aromatic carbocycles. The molecule has 2 heterocycles. The van der Waals surface area contributed by atoms with Crippen molar-refractivity contribution in [2.75, 3.05) is 32.7 Å². The van der Waals surface area contributed by atoms with Crippen LogP contribution in [0.5, 0.6) is 0 Å². The van der Waals surface area contributed by atoms with Crippen LogP contribution in [0.1, 0.15) is 29.7 Å². The van der Waals surface area contributed by atoms with E-state index in [1.54, 1.807) is 6.92 Å². The summed E-state index contributed by atoms with van der Waals surface area (Å²) < 4.78 is 0. The van der Waals surface area contributed by atoms with E-state index in [-0.39, 0.29) is 17.9 Å². The maximum absolute atomic E-state index is 12.5. The lowest BCUT2D eigenvalue weighted by Gasteiger charge is -2.30. The molecule has 4 rings (SSSR count). The van der Waals surface area contributed by atoms with Gasteiger partial charge >= 0.3 is 0 Å². The molecule has 0 aromatic heterocycles. The Balaban J connectivity index is 1.35. The van der Waals surface area contributed by atoms with Crippen molar-refractivity contribution in [1.29, 1.82) is 0 Å². The summed E-state index contributed by atoms with van der Waals surface area (Å²) in [5, 5.41) is 3.06. The van der Waals surface area contributed by atoms with Gasteiger partial charge in [0.15, 0.2) is 0 Å². The number of nitrogens with one attached hydrogen (secondary N) is 1. The van der Waals surface area contributed by atoms with Gasteiger partial charge in [-0.3, -0.25) is 14.5 Å². The zero-order valence-electron chi connectivity index (χ0n) is 17.9. The van der Waals surface area contributed by atoms with E-state index in [2.05, 4.69) is 47.5 Å². The number of benzene rings is 2. The van der Waals surface area contributed by atoms with Gasteiger partial charge in [-0.15, -0.1) is 0 Å². The molecule has 5 heteroatoms. The molecule has 2 aliphatic heterocycles. The molecule has 1 N–H and O–H groups in total. The maximum Gasteiger partial charge on any atom is 0.234 e. The molecule has 2 saturated heterocycles. The average Bonchev–Trinajstić information content (AvgIpc) is 3.26. The van der Waals surface area contributed by atoms with Crippen LogP contribution in [0.15, 0.2) is 54.6 Å². The normalized spacial score (nSPS) is 23.4. The molecule has 158 valence electrons. The third kappa shape index (κ3) is 4.41. The molecule has 0 saturated carbocycles. The van der Waals surface area contributed by atoms with Gasteiger partial charge in [-0.2, -0.15) is 0 Å². The van der Waals surface area contributed by atoms with E-state index in [4.69, 9.17) is 0 Å². The van der Waals surface area contributed by atoms with Crippen LogP contribution >= 0.6 is 0 Å². The van der Waals surface area contributed by atoms with Gasteiger partial charge in [0, 0.05) is 39.0 Å². The Bertz CT molecular complexity index is 898. The van der Waals surface area contributed by atoms with Crippen molar-refractivity contribution >= 4 is 11.8 Å². The van der Waals surface area contributed by atoms with Crippen molar-refractivity contribution in [3.8, 4) is 0 Å². The van der Waals surface area contributed by atoms with Crippen LogP contribution < -0.4 is 5.32 Å². The quantitative estimate of drug-likeness (QED) is 0.804. The molecule has 0 bridgehead atoms. The minimum Gasteiger partial charge on any atom is -0.355 e. The van der Waals surface area contributed by atoms with Crippen LogP contribution in [0, 0.1) is 18.8 Å². The second kappa shape index (κ2) is 9.00. The summed E-state index contributed by atoms with van der Waals surface area (Å²) in [7, 11) is 0. The Morgan fingerprint density at radius 1 is 1.00 bits per heavy atom. The number of amides is 2. The standard InChI is InChI=1S/C25H31N3O2/c1-18-8-6-7-11-22(18)25-23-16-27(14-21(23)15-28(25)19(2)29)17-24(30)26-13-12-20-9-4-3-5-10-20/h3-11,21,23,25H,12-17H2,1-2H3,(H,26,30)/t21-,23-,25-/m1/s1. The topological polar surface area (TPSA) is 52.7 Å². The number of likely N-dealkylation sites (tertiary alicyclic amines) is 2. The molecular formula is C25H31N3O2. The highest BCUT2D eigenvalue weighted by molar-refractivity contribution is 5.78. The van der Waals surface area contributed by atoms with Crippen LogP contribution in [0.2, 0.25) is 0 Å². The molecule has 2 amide bonds. The number of carbonyl (C=O) groups is 2. The molecule has 0 unspecified atom stereocenters. The summed E-state index contributed by atoms with van der Waals surface area (Å²) in [6.07, 6.45) is 0.848. The second-order valence-corrected chi connectivity index (χ2v) is 8.68. The number of hydrogen-bond donors (Lipinski definition) is 1. The van der Waals surface area contributed by atoms with E-state index in [0.29, 0.717) is 24.9 Å². The second-order valence-electron chi connectivity index (χ2n) is 8.68. The van der Waals surface area contributed by atoms with Crippen LogP contribution in [0.3, 0.4) is 0 Å². The SMILES string of the molecule is CC(=O)N1C[C@H]2CN(CC(=O)NCCc3ccccc3)C[C@H]2[C@H]1c1ccccc1C. The minimum absolute atomic E-state index is 0.0850. The first kappa shape index (κ1) is 20.6. The van der Waals surface area contributed by atoms with Gasteiger partial charge in [0.05, 0.1) is 12.6 Å². The summed E-state index contributed by atoms with van der Waals surface area (Å²) in [5.41, 5.74) is 3.71. The predicted octanol–water partition coefficient (Wildman–Crippen LogP) is 2.81. The zero-order chi connectivity index (χ0) is 21.1. The Morgan fingerprint density at radius 3 is 2.47 bits per heavy atom. The lowest BCUT2D eigenvalue weighted by Crippen LogP contribution is -2.39. The largest absolute Gasteiger partial charge is 0.355 e. The molecule has 0 radical (unpaired) electrons. The lowest BCUT2D eigenvalue weighted by atomic mass is 9.87. The smallest absolute Gasteiger partial charge is 0.234 e. The fourth-order valence-electron chi connectivity index (χ4n) is 5.16. The van der Waals surface area contributed by atoms with Crippen molar-refractivity contribution in [3.05, 3.63) is 71.3 Å². The van der Waals surface area contributed by atoms with Crippen molar-refractivity contribution in [2.24, 2.45) is 11.8 Å². The molecule has 3 atom stereocenters. The number of carbonyl (C=O) groups excluding carboxylic acids is 2. The van der Waals surface area contributed by atoms with Crippen molar-refractivity contribution in [1.82, 2.24) is 15.1 Å². The monoisotopic (exact) mass is 405 g/mol. The zero-order valence-corrected chi connectivity index (χ0v) is 17.9. The highest BCUT2D eigenvalue weighted by Crippen LogP contribution is 2.45. The first-order valence-electron chi connectivity index (χ1n) is 10.9. The Morgan fingerprint density at radius 2 is 1.73 bits per heavy atom. The van der Waals surface area contributed by atoms with E-state index in [0.717, 1.165) is 26.1 Å². The summed E-state index contributed by atoms with van der Waals surface area (Å²) in [5.74, 6) is 1.03.